The van der Waals surface area contributed by atoms with Crippen LogP contribution >= 0.6 is 23.8 Å². The second-order valence-corrected chi connectivity index (χ2v) is 2.58. The summed E-state index contributed by atoms with van der Waals surface area (Å²) in [4.78, 5) is 0. The maximum Gasteiger partial charge on any atom is 0.167 e. The molecule has 0 aliphatic rings. The highest BCUT2D eigenvalue weighted by atomic mass is 35.5. The molecule has 7 heavy (non-hydrogen) atoms. The average Bonchev–Trinajstić information content (AvgIpc) is 1.27. The Bertz CT molecular complexity index is 72.1. The molecule has 0 saturated carbocycles. The molecular weight excluding hydrogens is 130 g/mol. The normalized spacial score (nSPS) is 9.14. The number of thiocarbonyl (C=S) groups is 1. The lowest BCUT2D eigenvalue weighted by molar-refractivity contribution is 0.746. The molecule has 0 fully saturated rings. The molecule has 0 rings (SSSR count). The van der Waals surface area contributed by atoms with E-state index >= 15 is 0 Å². The lowest BCUT2D eigenvalue weighted by Gasteiger charge is -2.02. The molecule has 0 aromatic carbocycles. The van der Waals surface area contributed by atoms with Crippen molar-refractivity contribution in [3.05, 3.63) is 0 Å². The van der Waals surface area contributed by atoms with Crippen molar-refractivity contribution in [3.63, 3.8) is 0 Å². The first kappa shape index (κ1) is 7.18. The fraction of sp³-hybridized carbons (Fsp3) is 0.750. The topological polar surface area (TPSA) is 12.0 Å². The molecule has 0 unspecified atom stereocenters. The van der Waals surface area contributed by atoms with Gasteiger partial charge in [0, 0.05) is 6.04 Å². The van der Waals surface area contributed by atoms with Crippen molar-refractivity contribution < 1.29 is 0 Å². The largest absolute Gasteiger partial charge is 0.365 e. The smallest absolute Gasteiger partial charge is 0.167 e. The van der Waals surface area contributed by atoms with E-state index in [1.54, 1.807) is 0 Å². The number of nitrogens with one attached hydrogen (secondary N) is 1. The van der Waals surface area contributed by atoms with Crippen molar-refractivity contribution in [2.24, 2.45) is 0 Å². The monoisotopic (exact) mass is 137 g/mol. The molecule has 0 aromatic heterocycles. The Balaban J connectivity index is 3.13. The fourth-order valence-electron chi connectivity index (χ4n) is 0.227. The van der Waals surface area contributed by atoms with Crippen molar-refractivity contribution >= 4 is 28.3 Å². The second kappa shape index (κ2) is 3.22. The predicted octanol–water partition coefficient (Wildman–Crippen LogP) is 1.51. The van der Waals surface area contributed by atoms with Crippen LogP contribution in [0.5, 0.6) is 0 Å². The van der Waals surface area contributed by atoms with Crippen molar-refractivity contribution in [2.45, 2.75) is 19.9 Å². The van der Waals surface area contributed by atoms with Crippen LogP contribution in [0.25, 0.3) is 0 Å². The molecule has 0 amide bonds. The van der Waals surface area contributed by atoms with Crippen LogP contribution in [0, 0.1) is 0 Å². The Morgan fingerprint density at radius 1 is 1.71 bits per heavy atom. The van der Waals surface area contributed by atoms with E-state index in [1.165, 1.54) is 0 Å². The molecule has 0 bridgehead atoms. The third-order valence-corrected chi connectivity index (χ3v) is 0.629. The number of halogens is 1. The first-order valence-corrected chi connectivity index (χ1v) is 2.87. The van der Waals surface area contributed by atoms with Gasteiger partial charge in [-0.2, -0.15) is 0 Å². The number of rotatable bonds is 1. The standard InChI is InChI=1S/C4H8ClNS/c1-3(2)6-4(5)7/h3H,1-2H3,(H,6,7). The molecule has 42 valence electrons. The summed E-state index contributed by atoms with van der Waals surface area (Å²) >= 11 is 9.82. The third-order valence-electron chi connectivity index (χ3n) is 0.402. The Morgan fingerprint density at radius 3 is 2.14 bits per heavy atom. The zero-order valence-electron chi connectivity index (χ0n) is 4.36. The van der Waals surface area contributed by atoms with E-state index in [4.69, 9.17) is 11.6 Å². The molecule has 3 heteroatoms. The Kier molecular flexibility index (Phi) is 3.30. The SMILES string of the molecule is CC(C)NC(=S)Cl. The molecular formula is C4H8ClNS. The summed E-state index contributed by atoms with van der Waals surface area (Å²) in [6.07, 6.45) is 0. The van der Waals surface area contributed by atoms with Crippen LogP contribution in [-0.4, -0.2) is 10.5 Å². The van der Waals surface area contributed by atoms with E-state index < -0.39 is 0 Å². The van der Waals surface area contributed by atoms with E-state index in [1.807, 2.05) is 13.8 Å². The van der Waals surface area contributed by atoms with Gasteiger partial charge < -0.3 is 5.32 Å². The Hall–Kier alpha value is 0.180. The lowest BCUT2D eigenvalue weighted by atomic mass is 10.4. The molecule has 1 nitrogen and oxygen atoms in total. The molecule has 0 aliphatic heterocycles. The maximum absolute atomic E-state index is 5.29. The van der Waals surface area contributed by atoms with Crippen molar-refractivity contribution in [3.8, 4) is 0 Å². The van der Waals surface area contributed by atoms with Gasteiger partial charge in [0.05, 0.1) is 0 Å². The molecule has 0 atom stereocenters. The van der Waals surface area contributed by atoms with E-state index in [9.17, 15) is 0 Å². The molecule has 0 saturated heterocycles. The fourth-order valence-corrected chi connectivity index (χ4v) is 0.681. The highest BCUT2D eigenvalue weighted by molar-refractivity contribution is 7.83. The quantitative estimate of drug-likeness (QED) is 0.334. The predicted molar refractivity (Wildman–Crippen MR) is 36.7 cm³/mol. The first-order chi connectivity index (χ1) is 3.13. The first-order valence-electron chi connectivity index (χ1n) is 2.09. The van der Waals surface area contributed by atoms with Crippen LogP contribution in [0.1, 0.15) is 13.8 Å². The molecule has 0 aromatic rings. The molecule has 0 aliphatic carbocycles. The van der Waals surface area contributed by atoms with Gasteiger partial charge in [0.25, 0.3) is 0 Å². The van der Waals surface area contributed by atoms with Gasteiger partial charge in [-0.15, -0.1) is 0 Å². The number of hydrogen-bond acceptors (Lipinski definition) is 1. The lowest BCUT2D eigenvalue weighted by Crippen LogP contribution is -2.24. The highest BCUT2D eigenvalue weighted by Gasteiger charge is 1.89. The van der Waals surface area contributed by atoms with E-state index in [0.717, 1.165) is 0 Å². The van der Waals surface area contributed by atoms with Crippen LogP contribution in [-0.2, 0) is 0 Å². The minimum atomic E-state index is 0.343. The van der Waals surface area contributed by atoms with Gasteiger partial charge in [-0.25, -0.2) is 0 Å². The minimum absolute atomic E-state index is 0.343. The second-order valence-electron chi connectivity index (χ2n) is 1.57. The molecule has 0 radical (unpaired) electrons. The third kappa shape index (κ3) is 6.18. The molecule has 1 N–H and O–H groups in total. The summed E-state index contributed by atoms with van der Waals surface area (Å²) < 4.78 is 0.343. The average molecular weight is 138 g/mol. The van der Waals surface area contributed by atoms with Crippen molar-refractivity contribution in [1.29, 1.82) is 0 Å². The van der Waals surface area contributed by atoms with Crippen LogP contribution in [0.4, 0.5) is 0 Å². The highest BCUT2D eigenvalue weighted by Crippen LogP contribution is 1.82. The van der Waals surface area contributed by atoms with Gasteiger partial charge in [0.15, 0.2) is 4.45 Å². The van der Waals surface area contributed by atoms with Gasteiger partial charge in [0.2, 0.25) is 0 Å². The van der Waals surface area contributed by atoms with Gasteiger partial charge in [-0.1, -0.05) is 11.6 Å². The summed E-state index contributed by atoms with van der Waals surface area (Å²) in [5, 5.41) is 2.80. The summed E-state index contributed by atoms with van der Waals surface area (Å²) in [5.41, 5.74) is 0. The zero-order chi connectivity index (χ0) is 5.86. The zero-order valence-corrected chi connectivity index (χ0v) is 5.94. The summed E-state index contributed by atoms with van der Waals surface area (Å²) in [5.74, 6) is 0. The van der Waals surface area contributed by atoms with Gasteiger partial charge in [0.1, 0.15) is 0 Å². The Morgan fingerprint density at radius 2 is 2.14 bits per heavy atom. The van der Waals surface area contributed by atoms with Crippen LogP contribution < -0.4 is 5.32 Å². The summed E-state index contributed by atoms with van der Waals surface area (Å²) in [6, 6.07) is 0.352. The number of hydrogen-bond donors (Lipinski definition) is 1. The summed E-state index contributed by atoms with van der Waals surface area (Å²) in [7, 11) is 0. The van der Waals surface area contributed by atoms with Crippen molar-refractivity contribution in [2.75, 3.05) is 0 Å². The van der Waals surface area contributed by atoms with Gasteiger partial charge in [-0.05, 0) is 26.1 Å². The van der Waals surface area contributed by atoms with E-state index in [0.29, 0.717) is 10.5 Å². The van der Waals surface area contributed by atoms with Crippen molar-refractivity contribution in [1.82, 2.24) is 5.32 Å². The van der Waals surface area contributed by atoms with Crippen LogP contribution in [0.15, 0.2) is 0 Å². The van der Waals surface area contributed by atoms with Gasteiger partial charge >= 0.3 is 0 Å². The molecule has 0 heterocycles. The maximum atomic E-state index is 5.29. The van der Waals surface area contributed by atoms with E-state index in [2.05, 4.69) is 17.5 Å². The van der Waals surface area contributed by atoms with Gasteiger partial charge in [-0.3, -0.25) is 0 Å². The molecule has 0 spiro atoms. The summed E-state index contributed by atoms with van der Waals surface area (Å²) in [6.45, 7) is 3.96. The van der Waals surface area contributed by atoms with E-state index in [-0.39, 0.29) is 0 Å². The van der Waals surface area contributed by atoms with Crippen LogP contribution in [0.2, 0.25) is 0 Å². The minimum Gasteiger partial charge on any atom is -0.365 e. The Labute approximate surface area is 54.0 Å². The van der Waals surface area contributed by atoms with Crippen LogP contribution in [0.3, 0.4) is 0 Å².